The van der Waals surface area contributed by atoms with Crippen molar-refractivity contribution in [3.63, 3.8) is 0 Å². The molecule has 2 fully saturated rings. The van der Waals surface area contributed by atoms with Crippen LogP contribution in [0.1, 0.15) is 25.8 Å². The maximum Gasteiger partial charge on any atom is 0.237 e. The van der Waals surface area contributed by atoms with Crippen molar-refractivity contribution in [3.8, 4) is 0 Å². The Morgan fingerprint density at radius 3 is 2.62 bits per heavy atom. The molecule has 2 aliphatic rings. The lowest BCUT2D eigenvalue weighted by molar-refractivity contribution is -0.115. The van der Waals surface area contributed by atoms with E-state index < -0.39 is 34.3 Å². The highest BCUT2D eigenvalue weighted by Crippen LogP contribution is 2.41. The molecule has 1 atom stereocenters. The number of halogens is 3. The van der Waals surface area contributed by atoms with E-state index >= 15 is 0 Å². The number of rotatable bonds is 6. The smallest absolute Gasteiger partial charge is 0.237 e. The van der Waals surface area contributed by atoms with Gasteiger partial charge in [0.1, 0.15) is 0 Å². The van der Waals surface area contributed by atoms with Crippen LogP contribution in [0.15, 0.2) is 17.3 Å². The number of thioether (sulfide) groups is 1. The third kappa shape index (κ3) is 4.20. The van der Waals surface area contributed by atoms with Crippen LogP contribution in [0.25, 0.3) is 0 Å². The Hall–Kier alpha value is -2.27. The Bertz CT molecular complexity index is 915. The van der Waals surface area contributed by atoms with E-state index in [4.69, 9.17) is 4.74 Å². The Labute approximate surface area is 169 Å². The van der Waals surface area contributed by atoms with Gasteiger partial charge in [0.2, 0.25) is 11.9 Å². The molecule has 2 aromatic rings. The van der Waals surface area contributed by atoms with Gasteiger partial charge in [0, 0.05) is 19.1 Å². The van der Waals surface area contributed by atoms with Crippen LogP contribution in [-0.4, -0.2) is 52.2 Å². The van der Waals surface area contributed by atoms with Crippen LogP contribution in [-0.2, 0) is 9.53 Å². The van der Waals surface area contributed by atoms with Gasteiger partial charge in [-0.05, 0) is 31.9 Å². The molecule has 1 aliphatic heterocycles. The minimum absolute atomic E-state index is 0.296. The normalized spacial score (nSPS) is 18.0. The largest absolute Gasteiger partial charge is 0.378 e. The second kappa shape index (κ2) is 8.23. The summed E-state index contributed by atoms with van der Waals surface area (Å²) in [5.41, 5.74) is -0.404. The van der Waals surface area contributed by atoms with Crippen LogP contribution in [0.5, 0.6) is 0 Å². The highest BCUT2D eigenvalue weighted by atomic mass is 32.2. The fourth-order valence-corrected chi connectivity index (χ4v) is 3.96. The zero-order chi connectivity index (χ0) is 20.5. The number of ether oxygens (including phenoxy) is 1. The number of hydrogen-bond donors (Lipinski definition) is 1. The van der Waals surface area contributed by atoms with Gasteiger partial charge < -0.3 is 15.0 Å². The quantitative estimate of drug-likeness (QED) is 0.565. The second-order valence-electron chi connectivity index (χ2n) is 6.96. The van der Waals surface area contributed by atoms with E-state index in [0.29, 0.717) is 24.4 Å². The van der Waals surface area contributed by atoms with Gasteiger partial charge in [-0.1, -0.05) is 11.8 Å². The van der Waals surface area contributed by atoms with Crippen LogP contribution in [0.4, 0.5) is 24.8 Å². The molecule has 1 saturated carbocycles. The molecule has 1 aromatic heterocycles. The summed E-state index contributed by atoms with van der Waals surface area (Å²) in [4.78, 5) is 14.6. The summed E-state index contributed by atoms with van der Waals surface area (Å²) in [5, 5.41) is 10.8. The van der Waals surface area contributed by atoms with Crippen LogP contribution in [0.2, 0.25) is 0 Å². The van der Waals surface area contributed by atoms with E-state index in [9.17, 15) is 18.0 Å². The molecular weight excluding hydrogens is 407 g/mol. The van der Waals surface area contributed by atoms with Crippen molar-refractivity contribution >= 4 is 29.3 Å². The number of nitrogens with one attached hydrogen (secondary N) is 1. The number of carbonyl (C=O) groups excluding carboxylic acids is 1. The molecule has 0 radical (unpaired) electrons. The monoisotopic (exact) mass is 427 g/mol. The lowest BCUT2D eigenvalue weighted by atomic mass is 10.2. The van der Waals surface area contributed by atoms with Crippen molar-refractivity contribution in [2.45, 2.75) is 36.2 Å². The molecule has 1 N–H and O–H groups in total. The maximum atomic E-state index is 13.8. The molecule has 1 aromatic carbocycles. The zero-order valence-corrected chi connectivity index (χ0v) is 16.5. The molecule has 0 bridgehead atoms. The maximum absolute atomic E-state index is 13.8. The van der Waals surface area contributed by atoms with Crippen LogP contribution in [0, 0.1) is 17.5 Å². The first kappa shape index (κ1) is 20.0. The number of amides is 1. The van der Waals surface area contributed by atoms with Gasteiger partial charge in [-0.15, -0.1) is 10.2 Å². The van der Waals surface area contributed by atoms with Crippen LogP contribution in [0.3, 0.4) is 0 Å². The Balaban J connectivity index is 1.48. The molecule has 11 heteroatoms. The van der Waals surface area contributed by atoms with Crippen molar-refractivity contribution < 1.29 is 22.7 Å². The van der Waals surface area contributed by atoms with Gasteiger partial charge in [-0.3, -0.25) is 9.36 Å². The van der Waals surface area contributed by atoms with Gasteiger partial charge in [0.25, 0.3) is 0 Å². The van der Waals surface area contributed by atoms with Crippen molar-refractivity contribution in [2.24, 2.45) is 0 Å². The number of hydrogen-bond acceptors (Lipinski definition) is 6. The van der Waals surface area contributed by atoms with Gasteiger partial charge in [0.15, 0.2) is 22.6 Å². The van der Waals surface area contributed by atoms with E-state index in [1.54, 1.807) is 6.92 Å². The lowest BCUT2D eigenvalue weighted by Crippen LogP contribution is -2.38. The fourth-order valence-electron chi connectivity index (χ4n) is 3.05. The molecule has 7 nitrogen and oxygen atoms in total. The Kier molecular flexibility index (Phi) is 5.68. The van der Waals surface area contributed by atoms with Crippen molar-refractivity contribution in [3.05, 3.63) is 29.6 Å². The molecule has 1 aliphatic carbocycles. The average Bonchev–Trinajstić information content (AvgIpc) is 3.49. The minimum atomic E-state index is -1.62. The number of benzene rings is 1. The molecular formula is C18H20F3N5O2S. The van der Waals surface area contributed by atoms with E-state index in [1.807, 2.05) is 4.57 Å². The number of aromatic nitrogens is 3. The SMILES string of the molecule is CC(Sc1nnc(N2CCOCC2)n1C1CC1)C(=O)Nc1ccc(F)c(F)c1F. The van der Waals surface area contributed by atoms with E-state index in [0.717, 1.165) is 44.0 Å². The standard InChI is InChI=1S/C18H20F3N5O2S/c1-10(16(27)22-13-5-4-12(19)14(20)15(13)21)29-18-24-23-17(26(18)11-2-3-11)25-6-8-28-9-7-25/h4-5,10-11H,2-3,6-9H2,1H3,(H,22,27). The zero-order valence-electron chi connectivity index (χ0n) is 15.7. The average molecular weight is 427 g/mol. The first-order chi connectivity index (χ1) is 14.0. The van der Waals surface area contributed by atoms with Gasteiger partial charge in [-0.2, -0.15) is 0 Å². The molecule has 29 heavy (non-hydrogen) atoms. The van der Waals surface area contributed by atoms with Gasteiger partial charge >= 0.3 is 0 Å². The molecule has 1 saturated heterocycles. The molecule has 2 heterocycles. The topological polar surface area (TPSA) is 72.3 Å². The summed E-state index contributed by atoms with van der Waals surface area (Å²) < 4.78 is 47.7. The Morgan fingerprint density at radius 1 is 1.21 bits per heavy atom. The number of carbonyl (C=O) groups is 1. The summed E-state index contributed by atoms with van der Waals surface area (Å²) in [5.74, 6) is -4.13. The van der Waals surface area contributed by atoms with Gasteiger partial charge in [-0.25, -0.2) is 13.2 Å². The summed E-state index contributed by atoms with van der Waals surface area (Å²) in [6.07, 6.45) is 2.03. The molecule has 1 unspecified atom stereocenters. The van der Waals surface area contributed by atoms with Crippen LogP contribution >= 0.6 is 11.8 Å². The highest BCUT2D eigenvalue weighted by Gasteiger charge is 2.33. The molecule has 0 spiro atoms. The van der Waals surface area contributed by atoms with E-state index in [1.165, 1.54) is 11.8 Å². The van der Waals surface area contributed by atoms with Crippen molar-refractivity contribution in [2.75, 3.05) is 36.5 Å². The number of anilines is 2. The second-order valence-corrected chi connectivity index (χ2v) is 8.26. The Morgan fingerprint density at radius 2 is 1.93 bits per heavy atom. The summed E-state index contributed by atoms with van der Waals surface area (Å²) in [7, 11) is 0. The highest BCUT2D eigenvalue weighted by molar-refractivity contribution is 8.00. The van der Waals surface area contributed by atoms with Crippen molar-refractivity contribution in [1.29, 1.82) is 0 Å². The lowest BCUT2D eigenvalue weighted by Gasteiger charge is -2.28. The molecule has 1 amide bonds. The molecule has 4 rings (SSSR count). The fraction of sp³-hybridized carbons (Fsp3) is 0.500. The summed E-state index contributed by atoms with van der Waals surface area (Å²) >= 11 is 1.19. The van der Waals surface area contributed by atoms with E-state index in [-0.39, 0.29) is 0 Å². The van der Waals surface area contributed by atoms with Crippen molar-refractivity contribution in [1.82, 2.24) is 14.8 Å². The predicted molar refractivity (Wildman–Crippen MR) is 102 cm³/mol. The van der Waals surface area contributed by atoms with Crippen LogP contribution < -0.4 is 10.2 Å². The van der Waals surface area contributed by atoms with Gasteiger partial charge in [0.05, 0.1) is 24.2 Å². The number of nitrogens with zero attached hydrogens (tertiary/aromatic N) is 4. The first-order valence-electron chi connectivity index (χ1n) is 9.34. The summed E-state index contributed by atoms with van der Waals surface area (Å²) in [6.45, 7) is 4.33. The van der Waals surface area contributed by atoms with E-state index in [2.05, 4.69) is 20.4 Å². The number of morpholine rings is 1. The molecule has 156 valence electrons. The minimum Gasteiger partial charge on any atom is -0.378 e. The third-order valence-corrected chi connectivity index (χ3v) is 5.85. The predicted octanol–water partition coefficient (Wildman–Crippen LogP) is 2.99. The third-order valence-electron chi connectivity index (χ3n) is 4.80. The first-order valence-corrected chi connectivity index (χ1v) is 10.2. The summed E-state index contributed by atoms with van der Waals surface area (Å²) in [6, 6.07) is 2.06.